The summed E-state index contributed by atoms with van der Waals surface area (Å²) in [5.41, 5.74) is 2.72. The van der Waals surface area contributed by atoms with Crippen LogP contribution < -0.4 is 0 Å². The van der Waals surface area contributed by atoms with Crippen molar-refractivity contribution in [3.05, 3.63) is 71.3 Å². The van der Waals surface area contributed by atoms with Gasteiger partial charge in [0.25, 0.3) is 0 Å². The molecule has 2 rings (SSSR count). The van der Waals surface area contributed by atoms with Gasteiger partial charge >= 0.3 is 0 Å². The lowest BCUT2D eigenvalue weighted by atomic mass is 9.97. The van der Waals surface area contributed by atoms with Gasteiger partial charge in [-0.25, -0.2) is 0 Å². The Morgan fingerprint density at radius 2 is 1.42 bits per heavy atom. The van der Waals surface area contributed by atoms with E-state index in [0.29, 0.717) is 0 Å². The van der Waals surface area contributed by atoms with Crippen molar-refractivity contribution in [3.8, 4) is 0 Å². The van der Waals surface area contributed by atoms with Crippen molar-refractivity contribution in [2.24, 2.45) is 0 Å². The van der Waals surface area contributed by atoms with E-state index in [1.807, 2.05) is 54.6 Å². The van der Waals surface area contributed by atoms with Crippen LogP contribution in [0, 0.1) is 0 Å². The molecule has 98 valence electrons. The molecule has 0 fully saturated rings. The number of thioether (sulfide) groups is 1. The van der Waals surface area contributed by atoms with Crippen molar-refractivity contribution in [1.82, 2.24) is 0 Å². The number of ketones is 1. The van der Waals surface area contributed by atoms with Crippen LogP contribution in [0.4, 0.5) is 0 Å². The molecule has 0 amide bonds. The summed E-state index contributed by atoms with van der Waals surface area (Å²) in [6.07, 6.45) is 2.10. The average Bonchev–Trinajstić information content (AvgIpc) is 2.47. The lowest BCUT2D eigenvalue weighted by Crippen LogP contribution is -2.11. The summed E-state index contributed by atoms with van der Waals surface area (Å²) in [5, 5.41) is 0. The summed E-state index contributed by atoms with van der Waals surface area (Å²) >= 11 is 1.81. The van der Waals surface area contributed by atoms with Crippen molar-refractivity contribution < 1.29 is 4.79 Å². The Labute approximate surface area is 119 Å². The zero-order valence-corrected chi connectivity index (χ0v) is 12.3. The predicted octanol–water partition coefficient (Wildman–Crippen LogP) is 4.52. The maximum absolute atomic E-state index is 12.3. The second-order valence-electron chi connectivity index (χ2n) is 4.99. The molecule has 0 heterocycles. The molecule has 0 bridgehead atoms. The van der Waals surface area contributed by atoms with Crippen LogP contribution in [0.5, 0.6) is 0 Å². The largest absolute Gasteiger partial charge is 0.289 e. The minimum atomic E-state index is 0.0777. The summed E-state index contributed by atoms with van der Waals surface area (Å²) in [4.78, 5) is 12.3. The number of hydrogen-bond acceptors (Lipinski definition) is 2. The highest BCUT2D eigenvalue weighted by Crippen LogP contribution is 2.33. The van der Waals surface area contributed by atoms with Gasteiger partial charge < -0.3 is 0 Å². The van der Waals surface area contributed by atoms with Crippen LogP contribution in [0.3, 0.4) is 0 Å². The third-order valence-electron chi connectivity index (χ3n) is 3.39. The van der Waals surface area contributed by atoms with Crippen LogP contribution in [-0.4, -0.2) is 12.0 Å². The van der Waals surface area contributed by atoms with Gasteiger partial charge in [0.05, 0.1) is 0 Å². The Bertz CT molecular complexity index is 556. The van der Waals surface area contributed by atoms with Gasteiger partial charge in [0.2, 0.25) is 0 Å². The first kappa shape index (κ1) is 13.9. The van der Waals surface area contributed by atoms with E-state index in [-0.39, 0.29) is 10.5 Å². The van der Waals surface area contributed by atoms with E-state index in [1.165, 1.54) is 5.56 Å². The minimum absolute atomic E-state index is 0.0777. The van der Waals surface area contributed by atoms with Gasteiger partial charge in [-0.3, -0.25) is 4.79 Å². The van der Waals surface area contributed by atoms with Crippen molar-refractivity contribution >= 4 is 17.5 Å². The summed E-state index contributed by atoms with van der Waals surface area (Å²) in [5.74, 6) is 0.0779. The van der Waals surface area contributed by atoms with E-state index in [1.54, 1.807) is 11.8 Å². The Morgan fingerprint density at radius 1 is 0.895 bits per heavy atom. The van der Waals surface area contributed by atoms with Gasteiger partial charge in [0.15, 0.2) is 5.78 Å². The normalized spacial score (nSPS) is 11.3. The van der Waals surface area contributed by atoms with E-state index in [4.69, 9.17) is 0 Å². The molecule has 0 N–H and O–H groups in total. The number of hydrogen-bond donors (Lipinski definition) is 0. The zero-order valence-electron chi connectivity index (χ0n) is 11.5. The highest BCUT2D eigenvalue weighted by atomic mass is 32.2. The highest BCUT2D eigenvalue weighted by Gasteiger charge is 2.19. The Kier molecular flexibility index (Phi) is 4.11. The monoisotopic (exact) mass is 270 g/mol. The first-order valence-corrected chi connectivity index (χ1v) is 7.52. The van der Waals surface area contributed by atoms with Crippen molar-refractivity contribution in [1.29, 1.82) is 0 Å². The summed E-state index contributed by atoms with van der Waals surface area (Å²) in [6, 6.07) is 17.3. The van der Waals surface area contributed by atoms with Gasteiger partial charge in [-0.2, -0.15) is 11.8 Å². The molecule has 2 aromatic carbocycles. The fraction of sp³-hybridized carbons (Fsp3) is 0.235. The maximum atomic E-state index is 12.3. The fourth-order valence-electron chi connectivity index (χ4n) is 1.90. The van der Waals surface area contributed by atoms with Gasteiger partial charge in [0.1, 0.15) is 0 Å². The van der Waals surface area contributed by atoms with E-state index in [0.717, 1.165) is 11.1 Å². The lowest BCUT2D eigenvalue weighted by Gasteiger charge is -2.22. The van der Waals surface area contributed by atoms with Gasteiger partial charge in [-0.15, -0.1) is 0 Å². The number of carbonyl (C=O) groups is 1. The average molecular weight is 270 g/mol. The fourth-order valence-corrected chi connectivity index (χ4v) is 2.27. The van der Waals surface area contributed by atoms with Crippen molar-refractivity contribution in [2.75, 3.05) is 6.26 Å². The summed E-state index contributed by atoms with van der Waals surface area (Å²) < 4.78 is 0.0777. The van der Waals surface area contributed by atoms with Gasteiger partial charge in [0, 0.05) is 15.9 Å². The molecule has 1 nitrogen and oxygen atoms in total. The molecule has 0 unspecified atom stereocenters. The van der Waals surface area contributed by atoms with Crippen LogP contribution in [0.1, 0.15) is 35.3 Å². The second kappa shape index (κ2) is 5.62. The Balaban J connectivity index is 2.27. The highest BCUT2D eigenvalue weighted by molar-refractivity contribution is 7.99. The molecule has 0 atom stereocenters. The third kappa shape index (κ3) is 3.07. The van der Waals surface area contributed by atoms with Crippen molar-refractivity contribution in [3.63, 3.8) is 0 Å². The molecule has 19 heavy (non-hydrogen) atoms. The molecule has 0 aliphatic heterocycles. The smallest absolute Gasteiger partial charge is 0.193 e. The maximum Gasteiger partial charge on any atom is 0.193 e. The molecule has 0 saturated carbocycles. The first-order chi connectivity index (χ1) is 9.04. The first-order valence-electron chi connectivity index (χ1n) is 6.30. The quantitative estimate of drug-likeness (QED) is 0.760. The minimum Gasteiger partial charge on any atom is -0.289 e. The van der Waals surface area contributed by atoms with Gasteiger partial charge in [-0.05, 0) is 25.7 Å². The standard InChI is InChI=1S/C17H18OS/c1-17(2,19-3)15-11-9-14(10-12-15)16(18)13-7-5-4-6-8-13/h4-12H,1-3H3. The molecule has 0 aliphatic carbocycles. The molecule has 0 radical (unpaired) electrons. The summed E-state index contributed by atoms with van der Waals surface area (Å²) in [6.45, 7) is 4.37. The summed E-state index contributed by atoms with van der Waals surface area (Å²) in [7, 11) is 0. The zero-order chi connectivity index (χ0) is 13.9. The third-order valence-corrected chi connectivity index (χ3v) is 4.64. The molecule has 2 aromatic rings. The molecule has 0 aromatic heterocycles. The predicted molar refractivity (Wildman–Crippen MR) is 82.9 cm³/mol. The molecule has 2 heteroatoms. The Morgan fingerprint density at radius 3 is 1.95 bits per heavy atom. The molecular weight excluding hydrogens is 252 g/mol. The number of carbonyl (C=O) groups excluding carboxylic acids is 1. The van der Waals surface area contributed by atoms with E-state index in [9.17, 15) is 4.79 Å². The van der Waals surface area contributed by atoms with Crippen LogP contribution in [-0.2, 0) is 4.75 Å². The lowest BCUT2D eigenvalue weighted by molar-refractivity contribution is 0.103. The van der Waals surface area contributed by atoms with E-state index >= 15 is 0 Å². The van der Waals surface area contributed by atoms with Gasteiger partial charge in [-0.1, -0.05) is 54.6 Å². The van der Waals surface area contributed by atoms with Crippen LogP contribution in [0.25, 0.3) is 0 Å². The Hall–Kier alpha value is -1.54. The number of benzene rings is 2. The second-order valence-corrected chi connectivity index (χ2v) is 6.42. The topological polar surface area (TPSA) is 17.1 Å². The molecule has 0 spiro atoms. The van der Waals surface area contributed by atoms with Crippen molar-refractivity contribution in [2.45, 2.75) is 18.6 Å². The van der Waals surface area contributed by atoms with Crippen LogP contribution in [0.15, 0.2) is 54.6 Å². The molecule has 0 saturated heterocycles. The van der Waals surface area contributed by atoms with E-state index < -0.39 is 0 Å². The number of rotatable bonds is 4. The van der Waals surface area contributed by atoms with E-state index in [2.05, 4.69) is 20.1 Å². The SMILES string of the molecule is CSC(C)(C)c1ccc(C(=O)c2ccccc2)cc1. The van der Waals surface area contributed by atoms with Crippen LogP contribution in [0.2, 0.25) is 0 Å². The molecule has 0 aliphatic rings. The van der Waals surface area contributed by atoms with Crippen LogP contribution >= 0.6 is 11.8 Å². The molecular formula is C17H18OS.